The summed E-state index contributed by atoms with van der Waals surface area (Å²) in [7, 11) is 1.35. The third-order valence-corrected chi connectivity index (χ3v) is 2.41. The van der Waals surface area contributed by atoms with Crippen LogP contribution in [0.5, 0.6) is 0 Å². The largest absolute Gasteiger partial charge is 0.479 e. The lowest BCUT2D eigenvalue weighted by Crippen LogP contribution is -2.62. The topological polar surface area (TPSA) is 84.2 Å². The van der Waals surface area contributed by atoms with Gasteiger partial charge < -0.3 is 10.4 Å². The number of carboxylic acid groups (broad SMARTS) is 1. The summed E-state index contributed by atoms with van der Waals surface area (Å²) in [5, 5.41) is 13.7. The molecule has 0 aliphatic heterocycles. The number of carboxylic acids is 1. The van der Waals surface area contributed by atoms with Crippen molar-refractivity contribution in [3.05, 3.63) is 18.0 Å². The molecule has 18 heavy (non-hydrogen) atoms. The van der Waals surface area contributed by atoms with Crippen LogP contribution in [-0.4, -0.2) is 38.5 Å². The fraction of sp³-hybridized carbons (Fsp3) is 0.444. The molecule has 1 rings (SSSR count). The van der Waals surface area contributed by atoms with Crippen molar-refractivity contribution >= 4 is 11.9 Å². The van der Waals surface area contributed by atoms with Gasteiger partial charge in [-0.05, 0) is 13.0 Å². The predicted octanol–water partition coefficient (Wildman–Crippen LogP) is 0.555. The van der Waals surface area contributed by atoms with Crippen LogP contribution in [0, 0.1) is 0 Å². The molecule has 2 N–H and O–H groups in total. The molecule has 6 nitrogen and oxygen atoms in total. The van der Waals surface area contributed by atoms with Crippen molar-refractivity contribution in [2.45, 2.75) is 18.6 Å². The van der Waals surface area contributed by atoms with Crippen molar-refractivity contribution < 1.29 is 27.9 Å². The molecule has 100 valence electrons. The van der Waals surface area contributed by atoms with Crippen LogP contribution in [0.15, 0.2) is 12.3 Å². The highest BCUT2D eigenvalue weighted by molar-refractivity contribution is 5.96. The zero-order valence-corrected chi connectivity index (χ0v) is 9.45. The van der Waals surface area contributed by atoms with Crippen LogP contribution >= 0.6 is 0 Å². The number of alkyl halides is 3. The number of nitrogens with one attached hydrogen (secondary N) is 1. The normalized spacial score (nSPS) is 14.9. The van der Waals surface area contributed by atoms with Gasteiger partial charge in [-0.1, -0.05) is 0 Å². The van der Waals surface area contributed by atoms with Crippen LogP contribution < -0.4 is 5.32 Å². The number of aliphatic carboxylic acids is 1. The van der Waals surface area contributed by atoms with Crippen LogP contribution in [0.25, 0.3) is 0 Å². The Morgan fingerprint density at radius 2 is 2.00 bits per heavy atom. The van der Waals surface area contributed by atoms with E-state index in [-0.39, 0.29) is 5.69 Å². The Kier molecular flexibility index (Phi) is 3.36. The molecule has 0 aliphatic carbocycles. The Hall–Kier alpha value is -2.06. The number of hydrogen-bond donors (Lipinski definition) is 2. The minimum absolute atomic E-state index is 0.174. The van der Waals surface area contributed by atoms with E-state index in [1.807, 2.05) is 0 Å². The van der Waals surface area contributed by atoms with Crippen LogP contribution in [0.1, 0.15) is 17.4 Å². The molecule has 0 aliphatic rings. The second kappa shape index (κ2) is 4.31. The van der Waals surface area contributed by atoms with Crippen molar-refractivity contribution in [1.29, 1.82) is 0 Å². The van der Waals surface area contributed by atoms with Crippen molar-refractivity contribution in [2.24, 2.45) is 7.05 Å². The average Bonchev–Trinajstić information content (AvgIpc) is 2.62. The number of aryl methyl sites for hydroxylation is 1. The quantitative estimate of drug-likeness (QED) is 0.836. The Morgan fingerprint density at radius 3 is 2.33 bits per heavy atom. The first-order valence-electron chi connectivity index (χ1n) is 4.70. The summed E-state index contributed by atoms with van der Waals surface area (Å²) >= 11 is 0. The number of carbonyl (C=O) groups excluding carboxylic acids is 1. The molecule has 1 heterocycles. The minimum Gasteiger partial charge on any atom is -0.479 e. The van der Waals surface area contributed by atoms with Crippen molar-refractivity contribution in [3.63, 3.8) is 0 Å². The molecule has 0 aromatic carbocycles. The summed E-state index contributed by atoms with van der Waals surface area (Å²) in [6.07, 6.45) is -3.91. The first-order chi connectivity index (χ1) is 8.09. The van der Waals surface area contributed by atoms with E-state index in [9.17, 15) is 22.8 Å². The number of halogens is 3. The van der Waals surface area contributed by atoms with Crippen LogP contribution in [0.2, 0.25) is 0 Å². The molecule has 0 spiro atoms. The number of carbonyl (C=O) groups is 2. The maximum atomic E-state index is 12.6. The highest BCUT2D eigenvalue weighted by Gasteiger charge is 2.58. The van der Waals surface area contributed by atoms with Gasteiger partial charge >= 0.3 is 12.1 Å². The van der Waals surface area contributed by atoms with Gasteiger partial charge in [-0.3, -0.25) is 9.48 Å². The highest BCUT2D eigenvalue weighted by atomic mass is 19.4. The molecule has 1 aromatic heterocycles. The van der Waals surface area contributed by atoms with E-state index in [1.54, 1.807) is 0 Å². The fourth-order valence-corrected chi connectivity index (χ4v) is 1.13. The number of aromatic nitrogens is 2. The third kappa shape index (κ3) is 2.29. The summed E-state index contributed by atoms with van der Waals surface area (Å²) in [5.74, 6) is -3.36. The molecule has 1 unspecified atom stereocenters. The summed E-state index contributed by atoms with van der Waals surface area (Å²) in [6, 6.07) is 1.17. The lowest BCUT2D eigenvalue weighted by Gasteiger charge is -2.28. The maximum Gasteiger partial charge on any atom is 0.422 e. The van der Waals surface area contributed by atoms with Crippen molar-refractivity contribution in [1.82, 2.24) is 15.1 Å². The first-order valence-corrected chi connectivity index (χ1v) is 4.70. The molecule has 0 saturated heterocycles. The van der Waals surface area contributed by atoms with Gasteiger partial charge in [0.25, 0.3) is 5.91 Å². The van der Waals surface area contributed by atoms with Gasteiger partial charge in [0.1, 0.15) is 5.69 Å². The van der Waals surface area contributed by atoms with Crippen molar-refractivity contribution in [2.75, 3.05) is 0 Å². The molecule has 1 aromatic rings. The summed E-state index contributed by atoms with van der Waals surface area (Å²) in [6.45, 7) is 0.379. The monoisotopic (exact) mass is 265 g/mol. The average molecular weight is 265 g/mol. The van der Waals surface area contributed by atoms with Gasteiger partial charge in [0, 0.05) is 13.2 Å². The molecular weight excluding hydrogens is 255 g/mol. The number of nitrogens with zero attached hydrogens (tertiary/aromatic N) is 2. The smallest absolute Gasteiger partial charge is 0.422 e. The Morgan fingerprint density at radius 1 is 1.44 bits per heavy atom. The maximum absolute atomic E-state index is 12.6. The van der Waals surface area contributed by atoms with E-state index in [2.05, 4.69) is 5.10 Å². The summed E-state index contributed by atoms with van der Waals surface area (Å²) < 4.78 is 39.0. The molecule has 0 saturated carbocycles. The second-order valence-electron chi connectivity index (χ2n) is 3.72. The molecule has 0 bridgehead atoms. The molecule has 0 fully saturated rings. The van der Waals surface area contributed by atoms with Gasteiger partial charge in [-0.2, -0.15) is 18.3 Å². The van der Waals surface area contributed by atoms with E-state index in [0.29, 0.717) is 6.92 Å². The molecule has 9 heteroatoms. The van der Waals surface area contributed by atoms with Gasteiger partial charge in [-0.25, -0.2) is 4.79 Å². The molecule has 0 radical (unpaired) electrons. The van der Waals surface area contributed by atoms with E-state index in [0.717, 1.165) is 4.68 Å². The lowest BCUT2D eigenvalue weighted by molar-refractivity contribution is -0.203. The van der Waals surface area contributed by atoms with Gasteiger partial charge in [0.05, 0.1) is 0 Å². The third-order valence-electron chi connectivity index (χ3n) is 2.41. The Bertz CT molecular complexity index is 483. The summed E-state index contributed by atoms with van der Waals surface area (Å²) in [4.78, 5) is 22.3. The standard InChI is InChI=1S/C9H10F3N3O3/c1-8(7(17)18,9(10,11)12)14-6(16)5-3-4-13-15(5)2/h3-4H,1-2H3,(H,14,16)(H,17,18). The van der Waals surface area contributed by atoms with Crippen LogP contribution in [-0.2, 0) is 11.8 Å². The Labute approximate surface area is 99.4 Å². The molecule has 1 atom stereocenters. The summed E-state index contributed by atoms with van der Waals surface area (Å²) in [5.41, 5.74) is -3.53. The van der Waals surface area contributed by atoms with E-state index >= 15 is 0 Å². The first kappa shape index (κ1) is 14.0. The highest BCUT2D eigenvalue weighted by Crippen LogP contribution is 2.30. The van der Waals surface area contributed by atoms with Crippen LogP contribution in [0.4, 0.5) is 13.2 Å². The van der Waals surface area contributed by atoms with E-state index < -0.39 is 23.6 Å². The number of hydrogen-bond acceptors (Lipinski definition) is 3. The van der Waals surface area contributed by atoms with Gasteiger partial charge in [-0.15, -0.1) is 0 Å². The Balaban J connectivity index is 3.04. The van der Waals surface area contributed by atoms with Crippen LogP contribution in [0.3, 0.4) is 0 Å². The zero-order valence-electron chi connectivity index (χ0n) is 9.45. The van der Waals surface area contributed by atoms with Crippen molar-refractivity contribution in [3.8, 4) is 0 Å². The SMILES string of the molecule is Cn1nccc1C(=O)NC(C)(C(=O)O)C(F)(F)F. The second-order valence-corrected chi connectivity index (χ2v) is 3.72. The predicted molar refractivity (Wildman–Crippen MR) is 52.8 cm³/mol. The van der Waals surface area contributed by atoms with E-state index in [4.69, 9.17) is 5.11 Å². The molecular formula is C9H10F3N3O3. The minimum atomic E-state index is -5.12. The van der Waals surface area contributed by atoms with Gasteiger partial charge in [0.2, 0.25) is 5.54 Å². The van der Waals surface area contributed by atoms with Gasteiger partial charge in [0.15, 0.2) is 0 Å². The lowest BCUT2D eigenvalue weighted by atomic mass is 10.0. The molecule has 1 amide bonds. The zero-order chi connectivity index (χ0) is 14.1. The number of rotatable bonds is 3. The van der Waals surface area contributed by atoms with E-state index in [1.165, 1.54) is 24.6 Å². The fourth-order valence-electron chi connectivity index (χ4n) is 1.13. The number of amides is 1.